The van der Waals surface area contributed by atoms with Crippen molar-refractivity contribution in [3.63, 3.8) is 0 Å². The van der Waals surface area contributed by atoms with E-state index in [4.69, 9.17) is 4.42 Å². The second kappa shape index (κ2) is 8.27. The molecule has 29 heavy (non-hydrogen) atoms. The lowest BCUT2D eigenvalue weighted by atomic mass is 10.1. The second-order valence-corrected chi connectivity index (χ2v) is 7.79. The van der Waals surface area contributed by atoms with Gasteiger partial charge in [0.2, 0.25) is 0 Å². The first-order chi connectivity index (χ1) is 14.0. The molecule has 0 bridgehead atoms. The molecule has 0 saturated carbocycles. The monoisotopic (exact) mass is 392 g/mol. The van der Waals surface area contributed by atoms with Crippen molar-refractivity contribution in [2.75, 3.05) is 6.54 Å². The van der Waals surface area contributed by atoms with Gasteiger partial charge in [-0.1, -0.05) is 18.2 Å². The highest BCUT2D eigenvalue weighted by Crippen LogP contribution is 2.23. The third kappa shape index (κ3) is 4.44. The van der Waals surface area contributed by atoms with Gasteiger partial charge in [-0.3, -0.25) is 9.58 Å². The van der Waals surface area contributed by atoms with Crippen molar-refractivity contribution in [1.82, 2.24) is 19.2 Å². The van der Waals surface area contributed by atoms with Gasteiger partial charge in [0.1, 0.15) is 5.76 Å². The first-order valence-electron chi connectivity index (χ1n) is 9.96. The van der Waals surface area contributed by atoms with Crippen LogP contribution < -0.4 is 0 Å². The van der Waals surface area contributed by atoms with Crippen LogP contribution in [-0.4, -0.2) is 37.0 Å². The molecule has 1 atom stereocenters. The van der Waals surface area contributed by atoms with Crippen molar-refractivity contribution in [3.8, 4) is 0 Å². The molecule has 0 amide bonds. The van der Waals surface area contributed by atoms with Gasteiger partial charge >= 0.3 is 0 Å². The standard InChI is InChI=1S/C23H28N4O2/c1-17-11-18(2)27(24-17)15-20(28)14-26(16-21-7-6-10-29-21)13-19-12-25(3)23-9-5-4-8-22(19)23/h4-12,20,28H,13-16H2,1-3H3. The van der Waals surface area contributed by atoms with E-state index in [1.54, 1.807) is 6.26 Å². The number of aliphatic hydroxyl groups excluding tert-OH is 1. The van der Waals surface area contributed by atoms with Crippen LogP contribution in [0.3, 0.4) is 0 Å². The van der Waals surface area contributed by atoms with E-state index in [2.05, 4.69) is 52.1 Å². The normalized spacial score (nSPS) is 12.9. The lowest BCUT2D eigenvalue weighted by Crippen LogP contribution is -2.34. The van der Waals surface area contributed by atoms with E-state index >= 15 is 0 Å². The second-order valence-electron chi connectivity index (χ2n) is 7.79. The molecule has 3 aromatic heterocycles. The maximum absolute atomic E-state index is 10.8. The fraction of sp³-hybridized carbons (Fsp3) is 0.348. The summed E-state index contributed by atoms with van der Waals surface area (Å²) >= 11 is 0. The van der Waals surface area contributed by atoms with E-state index in [1.807, 2.05) is 36.7 Å². The summed E-state index contributed by atoms with van der Waals surface area (Å²) in [6.45, 7) is 6.37. The summed E-state index contributed by atoms with van der Waals surface area (Å²) in [7, 11) is 2.07. The molecule has 0 aliphatic carbocycles. The first kappa shape index (κ1) is 19.5. The van der Waals surface area contributed by atoms with Crippen molar-refractivity contribution in [1.29, 1.82) is 0 Å². The predicted octanol–water partition coefficient (Wildman–Crippen LogP) is 3.65. The van der Waals surface area contributed by atoms with Gasteiger partial charge in [-0.2, -0.15) is 5.10 Å². The van der Waals surface area contributed by atoms with Gasteiger partial charge in [0.15, 0.2) is 0 Å². The van der Waals surface area contributed by atoms with Crippen molar-refractivity contribution < 1.29 is 9.52 Å². The molecule has 3 heterocycles. The minimum atomic E-state index is -0.530. The molecule has 152 valence electrons. The summed E-state index contributed by atoms with van der Waals surface area (Å²) in [6.07, 6.45) is 3.34. The summed E-state index contributed by atoms with van der Waals surface area (Å²) in [5, 5.41) is 16.5. The third-order valence-corrected chi connectivity index (χ3v) is 5.29. The number of para-hydroxylation sites is 1. The van der Waals surface area contributed by atoms with E-state index in [1.165, 1.54) is 16.5 Å². The molecule has 0 spiro atoms. The minimum absolute atomic E-state index is 0.476. The lowest BCUT2D eigenvalue weighted by molar-refractivity contribution is 0.0841. The quantitative estimate of drug-likeness (QED) is 0.497. The molecule has 0 saturated heterocycles. The fourth-order valence-electron chi connectivity index (χ4n) is 4.02. The van der Waals surface area contributed by atoms with E-state index in [0.29, 0.717) is 19.6 Å². The molecular formula is C23H28N4O2. The predicted molar refractivity (Wildman–Crippen MR) is 113 cm³/mol. The minimum Gasteiger partial charge on any atom is -0.468 e. The maximum Gasteiger partial charge on any atom is 0.117 e. The molecule has 0 aliphatic rings. The number of rotatable bonds is 8. The zero-order valence-electron chi connectivity index (χ0n) is 17.2. The maximum atomic E-state index is 10.8. The summed E-state index contributed by atoms with van der Waals surface area (Å²) in [4.78, 5) is 2.23. The highest BCUT2D eigenvalue weighted by Gasteiger charge is 2.18. The van der Waals surface area contributed by atoms with Crippen molar-refractivity contribution in [2.45, 2.75) is 39.6 Å². The Morgan fingerprint density at radius 2 is 1.97 bits per heavy atom. The molecule has 1 unspecified atom stereocenters. The van der Waals surface area contributed by atoms with E-state index in [9.17, 15) is 5.11 Å². The van der Waals surface area contributed by atoms with Gasteiger partial charge in [0.25, 0.3) is 0 Å². The highest BCUT2D eigenvalue weighted by molar-refractivity contribution is 5.83. The Morgan fingerprint density at radius 3 is 2.69 bits per heavy atom. The lowest BCUT2D eigenvalue weighted by Gasteiger charge is -2.24. The topological polar surface area (TPSA) is 59.4 Å². The van der Waals surface area contributed by atoms with Crippen molar-refractivity contribution in [2.24, 2.45) is 7.05 Å². The van der Waals surface area contributed by atoms with E-state index in [0.717, 1.165) is 23.7 Å². The molecule has 0 fully saturated rings. The Morgan fingerprint density at radius 1 is 1.14 bits per heavy atom. The van der Waals surface area contributed by atoms with Crippen LogP contribution in [0.1, 0.15) is 22.7 Å². The molecule has 1 aromatic carbocycles. The van der Waals surface area contributed by atoms with Crippen LogP contribution in [-0.2, 0) is 26.7 Å². The zero-order chi connectivity index (χ0) is 20.4. The van der Waals surface area contributed by atoms with Crippen LogP contribution >= 0.6 is 0 Å². The van der Waals surface area contributed by atoms with Gasteiger partial charge in [-0.25, -0.2) is 0 Å². The van der Waals surface area contributed by atoms with Crippen LogP contribution in [0, 0.1) is 13.8 Å². The number of hydrogen-bond donors (Lipinski definition) is 1. The Kier molecular flexibility index (Phi) is 5.56. The van der Waals surface area contributed by atoms with Gasteiger partial charge in [0, 0.05) is 42.9 Å². The summed E-state index contributed by atoms with van der Waals surface area (Å²) in [5.41, 5.74) is 4.49. The molecule has 0 radical (unpaired) electrons. The average Bonchev–Trinajstić information content (AvgIpc) is 3.37. The first-order valence-corrected chi connectivity index (χ1v) is 9.96. The third-order valence-electron chi connectivity index (χ3n) is 5.29. The fourth-order valence-corrected chi connectivity index (χ4v) is 4.02. The molecule has 4 aromatic rings. The van der Waals surface area contributed by atoms with Gasteiger partial charge in [0.05, 0.1) is 31.2 Å². The Balaban J connectivity index is 1.53. The Hall–Kier alpha value is -2.83. The van der Waals surface area contributed by atoms with Crippen LogP contribution in [0.25, 0.3) is 10.9 Å². The van der Waals surface area contributed by atoms with E-state index in [-0.39, 0.29) is 0 Å². The summed E-state index contributed by atoms with van der Waals surface area (Å²) in [5.74, 6) is 0.892. The smallest absolute Gasteiger partial charge is 0.117 e. The van der Waals surface area contributed by atoms with Crippen molar-refractivity contribution >= 4 is 10.9 Å². The van der Waals surface area contributed by atoms with E-state index < -0.39 is 6.10 Å². The number of benzene rings is 1. The van der Waals surface area contributed by atoms with Crippen LogP contribution in [0.2, 0.25) is 0 Å². The number of aromatic nitrogens is 3. The van der Waals surface area contributed by atoms with Gasteiger partial charge in [-0.15, -0.1) is 0 Å². The van der Waals surface area contributed by atoms with Crippen molar-refractivity contribution in [3.05, 3.63) is 77.6 Å². The molecule has 6 heteroatoms. The summed E-state index contributed by atoms with van der Waals surface area (Å²) in [6, 6.07) is 14.3. The number of furan rings is 1. The molecule has 0 aliphatic heterocycles. The average molecular weight is 393 g/mol. The molecular weight excluding hydrogens is 364 g/mol. The summed E-state index contributed by atoms with van der Waals surface area (Å²) < 4.78 is 9.60. The Bertz CT molecular complexity index is 1080. The largest absolute Gasteiger partial charge is 0.468 e. The number of hydrogen-bond acceptors (Lipinski definition) is 4. The Labute approximate surface area is 171 Å². The molecule has 1 N–H and O–H groups in total. The van der Waals surface area contributed by atoms with Crippen LogP contribution in [0.4, 0.5) is 0 Å². The molecule has 6 nitrogen and oxygen atoms in total. The zero-order valence-corrected chi connectivity index (χ0v) is 17.2. The number of nitrogens with zero attached hydrogens (tertiary/aromatic N) is 4. The SMILES string of the molecule is Cc1cc(C)n(CC(O)CN(Cc2ccco2)Cc2cn(C)c3ccccc23)n1. The number of aliphatic hydroxyl groups is 1. The highest BCUT2D eigenvalue weighted by atomic mass is 16.3. The molecule has 4 rings (SSSR count). The number of aryl methyl sites for hydroxylation is 3. The van der Waals surface area contributed by atoms with Gasteiger partial charge in [-0.05, 0) is 43.7 Å². The van der Waals surface area contributed by atoms with Gasteiger partial charge < -0.3 is 14.1 Å². The van der Waals surface area contributed by atoms with Crippen LogP contribution in [0.15, 0.2) is 59.3 Å². The van der Waals surface area contributed by atoms with Crippen LogP contribution in [0.5, 0.6) is 0 Å². The number of fused-ring (bicyclic) bond motifs is 1.